The van der Waals surface area contributed by atoms with Crippen molar-refractivity contribution in [2.24, 2.45) is 0 Å². The normalized spacial score (nSPS) is 16.8. The van der Waals surface area contributed by atoms with Gasteiger partial charge in [0.15, 0.2) is 0 Å². The lowest BCUT2D eigenvalue weighted by Crippen LogP contribution is -2.23. The van der Waals surface area contributed by atoms with Gasteiger partial charge in [0.05, 0.1) is 6.61 Å². The van der Waals surface area contributed by atoms with Gasteiger partial charge in [-0.1, -0.05) is 30.3 Å². The summed E-state index contributed by atoms with van der Waals surface area (Å²) in [6.07, 6.45) is 1.09. The fourth-order valence-electron chi connectivity index (χ4n) is 2.46. The molecule has 92 valence electrons. The Morgan fingerprint density at radius 1 is 1.17 bits per heavy atom. The number of phenols is 1. The molecule has 0 fully saturated rings. The maximum absolute atomic E-state index is 9.61. The van der Waals surface area contributed by atoms with Gasteiger partial charge < -0.3 is 9.84 Å². The van der Waals surface area contributed by atoms with Gasteiger partial charge in [-0.3, -0.25) is 0 Å². The highest BCUT2D eigenvalue weighted by molar-refractivity contribution is 5.43. The molecule has 0 aliphatic heterocycles. The molecule has 2 heteroatoms. The molecule has 2 aromatic rings. The van der Waals surface area contributed by atoms with Crippen LogP contribution in [0.1, 0.15) is 22.6 Å². The number of benzene rings is 2. The Labute approximate surface area is 107 Å². The molecule has 18 heavy (non-hydrogen) atoms. The van der Waals surface area contributed by atoms with Gasteiger partial charge >= 0.3 is 0 Å². The zero-order chi connectivity index (χ0) is 12.5. The zero-order valence-electron chi connectivity index (χ0n) is 10.4. The van der Waals surface area contributed by atoms with E-state index in [9.17, 15) is 5.11 Å². The number of fused-ring (bicyclic) bond motifs is 1. The molecule has 2 aromatic carbocycles. The maximum atomic E-state index is 9.61. The lowest BCUT2D eigenvalue weighted by atomic mass is 9.78. The van der Waals surface area contributed by atoms with Crippen molar-refractivity contribution >= 4 is 0 Å². The number of hydrogen-bond acceptors (Lipinski definition) is 2. The molecular formula is C16H16O2. The van der Waals surface area contributed by atoms with E-state index in [0.717, 1.165) is 17.7 Å². The number of aromatic hydroxyl groups is 1. The van der Waals surface area contributed by atoms with Crippen LogP contribution in [0.5, 0.6) is 11.5 Å². The average Bonchev–Trinajstić information content (AvgIpc) is 2.35. The Kier molecular flexibility index (Phi) is 2.71. The van der Waals surface area contributed by atoms with Crippen LogP contribution in [0.25, 0.3) is 0 Å². The molecule has 0 radical (unpaired) electrons. The molecular weight excluding hydrogens is 224 g/mol. The van der Waals surface area contributed by atoms with Gasteiger partial charge in [0.2, 0.25) is 0 Å². The second-order valence-corrected chi connectivity index (χ2v) is 4.81. The van der Waals surface area contributed by atoms with Crippen LogP contribution in [0.3, 0.4) is 0 Å². The lowest BCUT2D eigenvalue weighted by molar-refractivity contribution is 0.272. The summed E-state index contributed by atoms with van der Waals surface area (Å²) >= 11 is 0. The highest BCUT2D eigenvalue weighted by Gasteiger charge is 2.25. The van der Waals surface area contributed by atoms with Crippen LogP contribution in [0.2, 0.25) is 0 Å². The molecule has 2 nitrogen and oxygen atoms in total. The van der Waals surface area contributed by atoms with E-state index in [1.165, 1.54) is 11.1 Å². The fourth-order valence-corrected chi connectivity index (χ4v) is 2.46. The SMILES string of the molecule is Cc1c(O)cccc1OCC1Cc2ccccc21. The zero-order valence-corrected chi connectivity index (χ0v) is 10.4. The fraction of sp³-hybridized carbons (Fsp3) is 0.250. The molecule has 0 heterocycles. The first-order chi connectivity index (χ1) is 8.75. The smallest absolute Gasteiger partial charge is 0.125 e. The standard InChI is InChI=1S/C16H16O2/c1-11-15(17)7-4-8-16(11)18-10-13-9-12-5-2-3-6-14(12)13/h2-8,13,17H,9-10H2,1H3. The van der Waals surface area contributed by atoms with Gasteiger partial charge in [-0.05, 0) is 36.6 Å². The van der Waals surface area contributed by atoms with Gasteiger partial charge in [-0.25, -0.2) is 0 Å². The van der Waals surface area contributed by atoms with E-state index < -0.39 is 0 Å². The molecule has 0 saturated heterocycles. The van der Waals surface area contributed by atoms with Crippen molar-refractivity contribution in [1.82, 2.24) is 0 Å². The topological polar surface area (TPSA) is 29.5 Å². The van der Waals surface area contributed by atoms with E-state index in [1.807, 2.05) is 19.1 Å². The average molecular weight is 240 g/mol. The first kappa shape index (κ1) is 11.1. The highest BCUT2D eigenvalue weighted by Crippen LogP contribution is 2.36. The van der Waals surface area contributed by atoms with Crippen LogP contribution < -0.4 is 4.74 Å². The molecule has 1 aliphatic carbocycles. The lowest BCUT2D eigenvalue weighted by Gasteiger charge is -2.30. The third-order valence-corrected chi connectivity index (χ3v) is 3.66. The molecule has 0 spiro atoms. The minimum atomic E-state index is 0.293. The van der Waals surface area contributed by atoms with Crippen molar-refractivity contribution in [3.63, 3.8) is 0 Å². The van der Waals surface area contributed by atoms with Gasteiger partial charge in [-0.15, -0.1) is 0 Å². The van der Waals surface area contributed by atoms with Crippen LogP contribution in [0.15, 0.2) is 42.5 Å². The van der Waals surface area contributed by atoms with Gasteiger partial charge in [-0.2, -0.15) is 0 Å². The van der Waals surface area contributed by atoms with Crippen LogP contribution in [0.4, 0.5) is 0 Å². The quantitative estimate of drug-likeness (QED) is 0.890. The minimum Gasteiger partial charge on any atom is -0.508 e. The van der Waals surface area contributed by atoms with E-state index >= 15 is 0 Å². The summed E-state index contributed by atoms with van der Waals surface area (Å²) in [5, 5.41) is 9.61. The van der Waals surface area contributed by atoms with Crippen LogP contribution in [-0.4, -0.2) is 11.7 Å². The van der Waals surface area contributed by atoms with Gasteiger partial charge in [0, 0.05) is 11.5 Å². The Morgan fingerprint density at radius 2 is 2.00 bits per heavy atom. The number of rotatable bonds is 3. The van der Waals surface area contributed by atoms with Crippen molar-refractivity contribution in [2.45, 2.75) is 19.3 Å². The largest absolute Gasteiger partial charge is 0.508 e. The minimum absolute atomic E-state index is 0.293. The van der Waals surface area contributed by atoms with Crippen LogP contribution in [-0.2, 0) is 6.42 Å². The third kappa shape index (κ3) is 1.84. The van der Waals surface area contributed by atoms with Gasteiger partial charge in [0.1, 0.15) is 11.5 Å². The van der Waals surface area contributed by atoms with Gasteiger partial charge in [0.25, 0.3) is 0 Å². The summed E-state index contributed by atoms with van der Waals surface area (Å²) in [7, 11) is 0. The highest BCUT2D eigenvalue weighted by atomic mass is 16.5. The number of ether oxygens (including phenoxy) is 1. The Hall–Kier alpha value is -1.96. The molecule has 1 unspecified atom stereocenters. The predicted molar refractivity (Wildman–Crippen MR) is 71.2 cm³/mol. The molecule has 1 N–H and O–H groups in total. The van der Waals surface area contributed by atoms with E-state index in [-0.39, 0.29) is 0 Å². The Bertz CT molecular complexity index is 575. The van der Waals surface area contributed by atoms with Crippen LogP contribution in [0, 0.1) is 6.92 Å². The number of phenolic OH excluding ortho intramolecular Hbond substituents is 1. The summed E-state index contributed by atoms with van der Waals surface area (Å²) in [6, 6.07) is 13.9. The van der Waals surface area contributed by atoms with Crippen molar-refractivity contribution in [3.05, 3.63) is 59.2 Å². The summed E-state index contributed by atoms with van der Waals surface area (Å²) < 4.78 is 5.82. The molecule has 3 rings (SSSR count). The molecule has 1 atom stereocenters. The monoisotopic (exact) mass is 240 g/mol. The van der Waals surface area contributed by atoms with Crippen molar-refractivity contribution < 1.29 is 9.84 Å². The van der Waals surface area contributed by atoms with Crippen LogP contribution >= 0.6 is 0 Å². The molecule has 0 bridgehead atoms. The maximum Gasteiger partial charge on any atom is 0.125 e. The Balaban J connectivity index is 1.69. The summed E-state index contributed by atoms with van der Waals surface area (Å²) in [5.74, 6) is 1.56. The molecule has 0 aromatic heterocycles. The van der Waals surface area contributed by atoms with Crippen molar-refractivity contribution in [3.8, 4) is 11.5 Å². The first-order valence-electron chi connectivity index (χ1n) is 6.25. The third-order valence-electron chi connectivity index (χ3n) is 3.66. The Morgan fingerprint density at radius 3 is 2.83 bits per heavy atom. The van der Waals surface area contributed by atoms with Crippen molar-refractivity contribution in [1.29, 1.82) is 0 Å². The first-order valence-corrected chi connectivity index (χ1v) is 6.25. The molecule has 1 aliphatic rings. The van der Waals surface area contributed by atoms with E-state index in [2.05, 4.69) is 24.3 Å². The molecule has 0 amide bonds. The van der Waals surface area contributed by atoms with E-state index in [1.54, 1.807) is 6.07 Å². The second-order valence-electron chi connectivity index (χ2n) is 4.81. The van der Waals surface area contributed by atoms with Crippen molar-refractivity contribution in [2.75, 3.05) is 6.61 Å². The second kappa shape index (κ2) is 4.37. The van der Waals surface area contributed by atoms with E-state index in [0.29, 0.717) is 18.3 Å². The molecule has 0 saturated carbocycles. The summed E-state index contributed by atoms with van der Waals surface area (Å²) in [4.78, 5) is 0. The predicted octanol–water partition coefficient (Wildman–Crippen LogP) is 3.42. The summed E-state index contributed by atoms with van der Waals surface area (Å²) in [6.45, 7) is 2.56. The number of hydrogen-bond donors (Lipinski definition) is 1. The summed E-state index contributed by atoms with van der Waals surface area (Å²) in [5.41, 5.74) is 3.64. The van der Waals surface area contributed by atoms with E-state index in [4.69, 9.17) is 4.74 Å².